The average molecular weight is 246 g/mol. The second-order valence-electron chi connectivity index (χ2n) is 5.06. The van der Waals surface area contributed by atoms with E-state index in [9.17, 15) is 4.79 Å². The average Bonchev–Trinajstić information content (AvgIpc) is 2.31. The molecule has 1 aliphatic rings. The number of carbonyl (C=O) groups is 1. The maximum Gasteiger partial charge on any atom is 0.224 e. The Labute approximate surface area is 109 Å². The molecule has 3 nitrogen and oxygen atoms in total. The Hall–Kier alpha value is -1.51. The van der Waals surface area contributed by atoms with Crippen LogP contribution >= 0.6 is 0 Å². The summed E-state index contributed by atoms with van der Waals surface area (Å²) in [6, 6.07) is 6.02. The third kappa shape index (κ3) is 3.03. The van der Waals surface area contributed by atoms with E-state index in [-0.39, 0.29) is 5.91 Å². The summed E-state index contributed by atoms with van der Waals surface area (Å²) in [5.74, 6) is 0.896. The van der Waals surface area contributed by atoms with Crippen LogP contribution in [0.5, 0.6) is 0 Å². The largest absolute Gasteiger partial charge is 0.384 e. The number of hydrogen-bond acceptors (Lipinski definition) is 2. The number of anilines is 2. The van der Waals surface area contributed by atoms with E-state index in [0.717, 1.165) is 29.4 Å². The van der Waals surface area contributed by atoms with Crippen LogP contribution in [-0.2, 0) is 4.79 Å². The lowest BCUT2D eigenvalue weighted by Crippen LogP contribution is -2.21. The van der Waals surface area contributed by atoms with Gasteiger partial charge < -0.3 is 10.6 Å². The Bertz CT molecular complexity index is 425. The Balaban J connectivity index is 2.01. The van der Waals surface area contributed by atoms with Crippen molar-refractivity contribution in [3.8, 4) is 0 Å². The molecule has 0 bridgehead atoms. The monoisotopic (exact) mass is 246 g/mol. The Kier molecular flexibility index (Phi) is 4.24. The molecule has 0 unspecified atom stereocenters. The molecule has 0 atom stereocenters. The van der Waals surface area contributed by atoms with E-state index in [1.807, 2.05) is 26.0 Å². The van der Waals surface area contributed by atoms with Gasteiger partial charge in [0.2, 0.25) is 5.91 Å². The van der Waals surface area contributed by atoms with Crippen molar-refractivity contribution in [1.29, 1.82) is 0 Å². The first-order valence-corrected chi connectivity index (χ1v) is 6.84. The third-order valence-electron chi connectivity index (χ3n) is 3.73. The summed E-state index contributed by atoms with van der Waals surface area (Å²) in [5.41, 5.74) is 3.18. The predicted molar refractivity (Wildman–Crippen MR) is 75.9 cm³/mol. The van der Waals surface area contributed by atoms with Crippen LogP contribution in [0, 0.1) is 12.8 Å². The van der Waals surface area contributed by atoms with E-state index < -0.39 is 0 Å². The molecule has 1 aliphatic carbocycles. The standard InChI is InChI=1S/C15H22N2O/c1-3-15(18)17-14-9-5-8-13(11(14)2)16-10-12-6-4-7-12/h5,8-9,12,16H,3-4,6-7,10H2,1-2H3,(H,17,18). The molecule has 1 aromatic rings. The van der Waals surface area contributed by atoms with E-state index in [4.69, 9.17) is 0 Å². The molecule has 0 heterocycles. The molecule has 0 spiro atoms. The summed E-state index contributed by atoms with van der Waals surface area (Å²) in [6.45, 7) is 4.96. The highest BCUT2D eigenvalue weighted by molar-refractivity contribution is 5.92. The van der Waals surface area contributed by atoms with Gasteiger partial charge in [-0.3, -0.25) is 4.79 Å². The van der Waals surface area contributed by atoms with Crippen molar-refractivity contribution in [1.82, 2.24) is 0 Å². The highest BCUT2D eigenvalue weighted by atomic mass is 16.1. The van der Waals surface area contributed by atoms with Crippen LogP contribution < -0.4 is 10.6 Å². The van der Waals surface area contributed by atoms with E-state index >= 15 is 0 Å². The fourth-order valence-electron chi connectivity index (χ4n) is 2.15. The van der Waals surface area contributed by atoms with Gasteiger partial charge in [0.05, 0.1) is 0 Å². The molecule has 1 fully saturated rings. The van der Waals surface area contributed by atoms with Crippen LogP contribution in [0.2, 0.25) is 0 Å². The molecule has 18 heavy (non-hydrogen) atoms. The summed E-state index contributed by atoms with van der Waals surface area (Å²) in [6.07, 6.45) is 4.58. The molecule has 3 heteroatoms. The lowest BCUT2D eigenvalue weighted by molar-refractivity contribution is -0.115. The predicted octanol–water partition coefficient (Wildman–Crippen LogP) is 3.56. The first kappa shape index (κ1) is 12.9. The zero-order valence-electron chi connectivity index (χ0n) is 11.3. The molecule has 0 saturated heterocycles. The summed E-state index contributed by atoms with van der Waals surface area (Å²) < 4.78 is 0. The first-order valence-electron chi connectivity index (χ1n) is 6.84. The number of hydrogen-bond donors (Lipinski definition) is 2. The number of benzene rings is 1. The van der Waals surface area contributed by atoms with Gasteiger partial charge in [-0.2, -0.15) is 0 Å². The quantitative estimate of drug-likeness (QED) is 0.834. The van der Waals surface area contributed by atoms with Crippen molar-refractivity contribution in [3.63, 3.8) is 0 Å². The zero-order chi connectivity index (χ0) is 13.0. The first-order chi connectivity index (χ1) is 8.70. The van der Waals surface area contributed by atoms with Crippen LogP contribution in [0.15, 0.2) is 18.2 Å². The molecule has 1 saturated carbocycles. The van der Waals surface area contributed by atoms with Crippen LogP contribution in [0.4, 0.5) is 11.4 Å². The summed E-state index contributed by atoms with van der Waals surface area (Å²) >= 11 is 0. The Morgan fingerprint density at radius 2 is 2.06 bits per heavy atom. The van der Waals surface area contributed by atoms with E-state index in [1.54, 1.807) is 0 Å². The molecule has 0 radical (unpaired) electrons. The number of amides is 1. The molecule has 1 amide bonds. The highest BCUT2D eigenvalue weighted by Gasteiger charge is 2.17. The van der Waals surface area contributed by atoms with Crippen molar-refractivity contribution in [2.45, 2.75) is 39.5 Å². The maximum atomic E-state index is 11.4. The third-order valence-corrected chi connectivity index (χ3v) is 3.73. The Morgan fingerprint density at radius 1 is 1.33 bits per heavy atom. The van der Waals surface area contributed by atoms with Gasteiger partial charge in [0.15, 0.2) is 0 Å². The maximum absolute atomic E-state index is 11.4. The minimum Gasteiger partial charge on any atom is -0.384 e. The van der Waals surface area contributed by atoms with Gasteiger partial charge in [0.25, 0.3) is 0 Å². The summed E-state index contributed by atoms with van der Waals surface area (Å²) in [7, 11) is 0. The minimum absolute atomic E-state index is 0.0641. The van der Waals surface area contributed by atoms with Gasteiger partial charge >= 0.3 is 0 Å². The van der Waals surface area contributed by atoms with Gasteiger partial charge in [0.1, 0.15) is 0 Å². The molecular formula is C15H22N2O. The molecule has 2 N–H and O–H groups in total. The van der Waals surface area contributed by atoms with Crippen LogP contribution in [0.3, 0.4) is 0 Å². The van der Waals surface area contributed by atoms with Crippen LogP contribution in [-0.4, -0.2) is 12.5 Å². The normalized spacial score (nSPS) is 15.0. The molecule has 0 aromatic heterocycles. The van der Waals surface area contributed by atoms with Gasteiger partial charge in [-0.15, -0.1) is 0 Å². The molecule has 0 aliphatic heterocycles. The topological polar surface area (TPSA) is 41.1 Å². The van der Waals surface area contributed by atoms with Gasteiger partial charge in [-0.1, -0.05) is 19.4 Å². The second-order valence-corrected chi connectivity index (χ2v) is 5.06. The highest BCUT2D eigenvalue weighted by Crippen LogP contribution is 2.28. The van der Waals surface area contributed by atoms with Crippen LogP contribution in [0.1, 0.15) is 38.2 Å². The fraction of sp³-hybridized carbons (Fsp3) is 0.533. The summed E-state index contributed by atoms with van der Waals surface area (Å²) in [4.78, 5) is 11.4. The number of carbonyl (C=O) groups excluding carboxylic acids is 1. The van der Waals surface area contributed by atoms with Crippen molar-refractivity contribution >= 4 is 17.3 Å². The number of rotatable bonds is 5. The van der Waals surface area contributed by atoms with Crippen molar-refractivity contribution < 1.29 is 4.79 Å². The van der Waals surface area contributed by atoms with E-state index in [0.29, 0.717) is 6.42 Å². The van der Waals surface area contributed by atoms with Crippen molar-refractivity contribution in [2.75, 3.05) is 17.2 Å². The van der Waals surface area contributed by atoms with Gasteiger partial charge in [-0.05, 0) is 43.4 Å². The van der Waals surface area contributed by atoms with Crippen molar-refractivity contribution in [3.05, 3.63) is 23.8 Å². The van der Waals surface area contributed by atoms with E-state index in [2.05, 4.69) is 16.7 Å². The SMILES string of the molecule is CCC(=O)Nc1cccc(NCC2CCC2)c1C. The Morgan fingerprint density at radius 3 is 2.67 bits per heavy atom. The molecule has 98 valence electrons. The number of nitrogens with one attached hydrogen (secondary N) is 2. The van der Waals surface area contributed by atoms with E-state index in [1.165, 1.54) is 19.3 Å². The van der Waals surface area contributed by atoms with Crippen LogP contribution in [0.25, 0.3) is 0 Å². The second kappa shape index (κ2) is 5.89. The molecule has 1 aromatic carbocycles. The fourth-order valence-corrected chi connectivity index (χ4v) is 2.15. The van der Waals surface area contributed by atoms with Gasteiger partial charge in [-0.25, -0.2) is 0 Å². The zero-order valence-corrected chi connectivity index (χ0v) is 11.3. The lowest BCUT2D eigenvalue weighted by atomic mass is 9.85. The van der Waals surface area contributed by atoms with Gasteiger partial charge in [0, 0.05) is 24.3 Å². The van der Waals surface area contributed by atoms with Crippen molar-refractivity contribution in [2.24, 2.45) is 5.92 Å². The summed E-state index contributed by atoms with van der Waals surface area (Å²) in [5, 5.41) is 6.43. The minimum atomic E-state index is 0.0641. The smallest absolute Gasteiger partial charge is 0.224 e. The molecule has 2 rings (SSSR count). The lowest BCUT2D eigenvalue weighted by Gasteiger charge is -2.26. The molecular weight excluding hydrogens is 224 g/mol.